The highest BCUT2D eigenvalue weighted by molar-refractivity contribution is 6.33. The van der Waals surface area contributed by atoms with E-state index in [0.717, 1.165) is 6.42 Å². The number of para-hydroxylation sites is 1. The van der Waals surface area contributed by atoms with Crippen LogP contribution < -0.4 is 15.5 Å². The molecule has 3 N–H and O–H groups in total. The zero-order valence-corrected chi connectivity index (χ0v) is 27.1. The molecule has 3 amide bonds. The maximum absolute atomic E-state index is 13.3. The van der Waals surface area contributed by atoms with Crippen molar-refractivity contribution in [2.45, 2.75) is 105 Å². The van der Waals surface area contributed by atoms with Crippen LogP contribution in [0.25, 0.3) is 0 Å². The molecule has 1 heterocycles. The van der Waals surface area contributed by atoms with Crippen molar-refractivity contribution in [1.29, 1.82) is 0 Å². The van der Waals surface area contributed by atoms with Crippen molar-refractivity contribution in [2.24, 2.45) is 11.3 Å². The summed E-state index contributed by atoms with van der Waals surface area (Å²) in [5, 5.41) is 17.8. The van der Waals surface area contributed by atoms with Gasteiger partial charge in [-0.3, -0.25) is 14.5 Å². The SMILES string of the molecule is CCC[C@H](C[C@H](O)[C@H](CN1CC(=O)N(c2ccccc2Cl)CC1(C)C)NC(=O)OC(C)(C)C)C(=O)NCC(C)(C)C. The van der Waals surface area contributed by atoms with Crippen LogP contribution in [0.3, 0.4) is 0 Å². The zero-order valence-electron chi connectivity index (χ0n) is 26.3. The van der Waals surface area contributed by atoms with E-state index in [9.17, 15) is 19.5 Å². The van der Waals surface area contributed by atoms with Crippen LogP contribution in [0, 0.1) is 11.3 Å². The fourth-order valence-corrected chi connectivity index (χ4v) is 5.09. The van der Waals surface area contributed by atoms with Crippen LogP contribution in [0.2, 0.25) is 5.02 Å². The lowest BCUT2D eigenvalue weighted by atomic mass is 9.90. The molecule has 2 rings (SSSR count). The summed E-state index contributed by atoms with van der Waals surface area (Å²) in [7, 11) is 0. The van der Waals surface area contributed by atoms with Crippen LogP contribution in [0.5, 0.6) is 0 Å². The van der Waals surface area contributed by atoms with Crippen molar-refractivity contribution in [1.82, 2.24) is 15.5 Å². The summed E-state index contributed by atoms with van der Waals surface area (Å²) >= 11 is 6.40. The summed E-state index contributed by atoms with van der Waals surface area (Å²) in [6.45, 7) is 18.6. The molecule has 10 heteroatoms. The number of piperazine rings is 1. The molecule has 1 fully saturated rings. The van der Waals surface area contributed by atoms with Gasteiger partial charge in [-0.2, -0.15) is 0 Å². The number of amides is 3. The first-order valence-corrected chi connectivity index (χ1v) is 15.0. The Hall–Kier alpha value is -2.36. The molecule has 1 aliphatic heterocycles. The predicted octanol–water partition coefficient (Wildman–Crippen LogP) is 4.99. The molecule has 1 saturated heterocycles. The van der Waals surface area contributed by atoms with Gasteiger partial charge >= 0.3 is 6.09 Å². The van der Waals surface area contributed by atoms with Crippen molar-refractivity contribution in [3.63, 3.8) is 0 Å². The summed E-state index contributed by atoms with van der Waals surface area (Å²) < 4.78 is 5.50. The van der Waals surface area contributed by atoms with Crippen LogP contribution in [-0.2, 0) is 14.3 Å². The Balaban J connectivity index is 2.27. The number of alkyl carbamates (subject to hydrolysis) is 1. The number of anilines is 1. The molecule has 1 aromatic rings. The number of aliphatic hydroxyl groups excluding tert-OH is 1. The lowest BCUT2D eigenvalue weighted by Crippen LogP contribution is -2.65. The number of rotatable bonds is 11. The number of nitrogens with zero attached hydrogens (tertiary/aromatic N) is 2. The first-order chi connectivity index (χ1) is 18.8. The minimum atomic E-state index is -1.05. The van der Waals surface area contributed by atoms with Crippen LogP contribution in [0.4, 0.5) is 10.5 Å². The van der Waals surface area contributed by atoms with E-state index in [-0.39, 0.29) is 36.7 Å². The number of hydrogen-bond donors (Lipinski definition) is 3. The Morgan fingerprint density at radius 2 is 1.78 bits per heavy atom. The second kappa shape index (κ2) is 14.2. The minimum absolute atomic E-state index is 0.0713. The maximum Gasteiger partial charge on any atom is 0.408 e. The normalized spacial score (nSPS) is 18.4. The molecular formula is C31H51ClN4O5. The first-order valence-electron chi connectivity index (χ1n) is 14.6. The van der Waals surface area contributed by atoms with Gasteiger partial charge in [0.15, 0.2) is 0 Å². The Labute approximate surface area is 251 Å². The molecule has 1 aromatic carbocycles. The summed E-state index contributed by atoms with van der Waals surface area (Å²) in [6, 6.07) is 6.46. The van der Waals surface area contributed by atoms with E-state index in [4.69, 9.17) is 16.3 Å². The molecule has 0 unspecified atom stereocenters. The molecule has 41 heavy (non-hydrogen) atoms. The number of ether oxygens (including phenoxy) is 1. The molecular weight excluding hydrogens is 544 g/mol. The standard InChI is InChI=1S/C31H51ClN4O5/c1-10-13-21(27(39)33-19-29(2,3)4)16-25(37)23(34-28(40)41-30(5,6)7)17-35-18-26(38)36(20-31(35,8)9)24-15-12-11-14-22(24)32/h11-12,14-15,21,23,25,37H,10,13,16-20H2,1-9H3,(H,33,39)(H,34,40)/t21-,23+,25+/m1/s1. The van der Waals surface area contributed by atoms with Gasteiger partial charge in [0, 0.05) is 31.1 Å². The van der Waals surface area contributed by atoms with Gasteiger partial charge in [-0.15, -0.1) is 0 Å². The van der Waals surface area contributed by atoms with Crippen molar-refractivity contribution >= 4 is 35.2 Å². The molecule has 9 nitrogen and oxygen atoms in total. The highest BCUT2D eigenvalue weighted by Crippen LogP contribution is 2.32. The smallest absolute Gasteiger partial charge is 0.408 e. The monoisotopic (exact) mass is 594 g/mol. The molecule has 0 saturated carbocycles. The van der Waals surface area contributed by atoms with E-state index in [0.29, 0.717) is 30.2 Å². The number of halogens is 1. The highest BCUT2D eigenvalue weighted by atomic mass is 35.5. The number of benzene rings is 1. The largest absolute Gasteiger partial charge is 0.444 e. The van der Waals surface area contributed by atoms with E-state index in [1.165, 1.54) is 0 Å². The van der Waals surface area contributed by atoms with Gasteiger partial charge in [-0.05, 0) is 65.0 Å². The lowest BCUT2D eigenvalue weighted by molar-refractivity contribution is -0.127. The van der Waals surface area contributed by atoms with Gasteiger partial charge in [-0.25, -0.2) is 4.79 Å². The second-order valence-electron chi connectivity index (χ2n) is 13.9. The fourth-order valence-electron chi connectivity index (χ4n) is 4.86. The number of aliphatic hydroxyl groups is 1. The van der Waals surface area contributed by atoms with Gasteiger partial charge in [-0.1, -0.05) is 57.8 Å². The Morgan fingerprint density at radius 3 is 2.34 bits per heavy atom. The van der Waals surface area contributed by atoms with E-state index < -0.39 is 35.3 Å². The summed E-state index contributed by atoms with van der Waals surface area (Å²) in [6.07, 6.45) is -0.169. The van der Waals surface area contributed by atoms with E-state index in [1.54, 1.807) is 31.7 Å². The number of carbonyl (C=O) groups is 3. The second-order valence-corrected chi connectivity index (χ2v) is 14.4. The molecule has 0 spiro atoms. The molecule has 0 radical (unpaired) electrons. The molecule has 0 aliphatic carbocycles. The van der Waals surface area contributed by atoms with Crippen LogP contribution in [0.15, 0.2) is 24.3 Å². The molecule has 1 aliphatic rings. The maximum atomic E-state index is 13.3. The van der Waals surface area contributed by atoms with Crippen molar-refractivity contribution < 1.29 is 24.2 Å². The zero-order chi connectivity index (χ0) is 31.2. The summed E-state index contributed by atoms with van der Waals surface area (Å²) in [4.78, 5) is 42.9. The van der Waals surface area contributed by atoms with Crippen LogP contribution in [-0.4, -0.2) is 77.4 Å². The van der Waals surface area contributed by atoms with E-state index in [2.05, 4.69) is 10.6 Å². The van der Waals surface area contributed by atoms with Gasteiger partial charge in [0.25, 0.3) is 0 Å². The van der Waals surface area contributed by atoms with E-state index in [1.807, 2.05) is 64.6 Å². The molecule has 3 atom stereocenters. The third-order valence-corrected chi connectivity index (χ3v) is 7.40. The lowest BCUT2D eigenvalue weighted by Gasteiger charge is -2.48. The molecule has 232 valence electrons. The summed E-state index contributed by atoms with van der Waals surface area (Å²) in [5.41, 5.74) is -0.657. The summed E-state index contributed by atoms with van der Waals surface area (Å²) in [5.74, 6) is -0.666. The van der Waals surface area contributed by atoms with Crippen molar-refractivity contribution in [3.05, 3.63) is 29.3 Å². The van der Waals surface area contributed by atoms with Gasteiger partial charge in [0.05, 0.1) is 29.4 Å². The Morgan fingerprint density at radius 1 is 1.15 bits per heavy atom. The third-order valence-electron chi connectivity index (χ3n) is 7.08. The highest BCUT2D eigenvalue weighted by Gasteiger charge is 2.41. The van der Waals surface area contributed by atoms with E-state index >= 15 is 0 Å². The number of carbonyl (C=O) groups excluding carboxylic acids is 3. The topological polar surface area (TPSA) is 111 Å². The average molecular weight is 595 g/mol. The van der Waals surface area contributed by atoms with Gasteiger partial charge < -0.3 is 25.4 Å². The van der Waals surface area contributed by atoms with Crippen molar-refractivity contribution in [2.75, 3.05) is 31.1 Å². The first kappa shape index (κ1) is 34.8. The average Bonchev–Trinajstić information content (AvgIpc) is 2.82. The van der Waals surface area contributed by atoms with Crippen molar-refractivity contribution in [3.8, 4) is 0 Å². The van der Waals surface area contributed by atoms with Crippen LogP contribution >= 0.6 is 11.6 Å². The fraction of sp³-hybridized carbons (Fsp3) is 0.710. The molecule has 0 bridgehead atoms. The number of nitrogens with one attached hydrogen (secondary N) is 2. The van der Waals surface area contributed by atoms with Crippen LogP contribution in [0.1, 0.15) is 81.6 Å². The Kier molecular flexibility index (Phi) is 12.1. The van der Waals surface area contributed by atoms with Gasteiger partial charge in [0.2, 0.25) is 11.8 Å². The minimum Gasteiger partial charge on any atom is -0.444 e. The predicted molar refractivity (Wildman–Crippen MR) is 164 cm³/mol. The Bertz CT molecular complexity index is 1050. The third kappa shape index (κ3) is 11.1. The quantitative estimate of drug-likeness (QED) is 0.333. The number of hydrogen-bond acceptors (Lipinski definition) is 6. The molecule has 0 aromatic heterocycles. The van der Waals surface area contributed by atoms with Gasteiger partial charge in [0.1, 0.15) is 5.60 Å².